The van der Waals surface area contributed by atoms with Crippen molar-refractivity contribution in [1.29, 1.82) is 0 Å². The highest BCUT2D eigenvalue weighted by Gasteiger charge is 2.11. The molecule has 0 aliphatic heterocycles. The van der Waals surface area contributed by atoms with Gasteiger partial charge in [0.25, 0.3) is 0 Å². The van der Waals surface area contributed by atoms with Crippen LogP contribution in [-0.2, 0) is 9.59 Å². The van der Waals surface area contributed by atoms with Crippen LogP contribution in [0.5, 0.6) is 0 Å². The maximum Gasteiger partial charge on any atom is 0.239 e. The molecular weight excluding hydrogens is 248 g/mol. The minimum absolute atomic E-state index is 0.0885. The first-order valence-corrected chi connectivity index (χ1v) is 6.19. The average molecular weight is 268 g/mol. The molecule has 0 unspecified atom stereocenters. The predicted molar refractivity (Wildman–Crippen MR) is 70.7 cm³/mol. The summed E-state index contributed by atoms with van der Waals surface area (Å²) in [6.07, 6.45) is 0.890. The quantitative estimate of drug-likeness (QED) is 0.746. The van der Waals surface area contributed by atoms with Gasteiger partial charge in [-0.3, -0.25) is 14.5 Å². The minimum Gasteiger partial charge on any atom is -0.360 e. The Morgan fingerprint density at radius 3 is 2.63 bits per heavy atom. The van der Waals surface area contributed by atoms with Crippen molar-refractivity contribution in [1.82, 2.24) is 15.4 Å². The Hall–Kier alpha value is -1.89. The van der Waals surface area contributed by atoms with Gasteiger partial charge in [0.15, 0.2) is 5.82 Å². The third kappa shape index (κ3) is 6.01. The topological polar surface area (TPSA) is 87.5 Å². The molecule has 0 fully saturated rings. The third-order valence-corrected chi connectivity index (χ3v) is 2.29. The number of nitrogens with one attached hydrogen (secondary N) is 2. The van der Waals surface area contributed by atoms with Crippen LogP contribution in [0.4, 0.5) is 5.82 Å². The Balaban J connectivity index is 2.29. The zero-order chi connectivity index (χ0) is 14.3. The van der Waals surface area contributed by atoms with Gasteiger partial charge in [-0.2, -0.15) is 0 Å². The second-order valence-electron chi connectivity index (χ2n) is 4.39. The van der Waals surface area contributed by atoms with E-state index in [2.05, 4.69) is 15.8 Å². The molecular formula is C12H20N4O3. The summed E-state index contributed by atoms with van der Waals surface area (Å²) in [6, 6.07) is 1.63. The molecule has 1 aromatic rings. The molecule has 0 saturated heterocycles. The van der Waals surface area contributed by atoms with Crippen molar-refractivity contribution in [2.75, 3.05) is 32.0 Å². The van der Waals surface area contributed by atoms with Crippen molar-refractivity contribution in [2.45, 2.75) is 20.3 Å². The number of anilines is 1. The van der Waals surface area contributed by atoms with Crippen LogP contribution in [-0.4, -0.2) is 48.6 Å². The van der Waals surface area contributed by atoms with Crippen molar-refractivity contribution in [2.24, 2.45) is 0 Å². The van der Waals surface area contributed by atoms with Gasteiger partial charge in [0.2, 0.25) is 11.8 Å². The molecule has 19 heavy (non-hydrogen) atoms. The van der Waals surface area contributed by atoms with Crippen LogP contribution in [0.3, 0.4) is 0 Å². The number of amides is 2. The molecule has 2 N–H and O–H groups in total. The molecule has 0 atom stereocenters. The molecule has 0 aromatic carbocycles. The number of carbonyl (C=O) groups excluding carboxylic acids is 2. The molecule has 1 rings (SSSR count). The van der Waals surface area contributed by atoms with Gasteiger partial charge in [-0.15, -0.1) is 0 Å². The summed E-state index contributed by atoms with van der Waals surface area (Å²) in [5.41, 5.74) is 0. The van der Waals surface area contributed by atoms with E-state index in [9.17, 15) is 9.59 Å². The van der Waals surface area contributed by atoms with Gasteiger partial charge in [-0.25, -0.2) is 0 Å². The summed E-state index contributed by atoms with van der Waals surface area (Å²) in [5.74, 6) is 0.683. The van der Waals surface area contributed by atoms with Crippen molar-refractivity contribution in [3.05, 3.63) is 11.8 Å². The molecule has 7 nitrogen and oxygen atoms in total. The van der Waals surface area contributed by atoms with E-state index in [1.54, 1.807) is 24.9 Å². The van der Waals surface area contributed by atoms with E-state index in [4.69, 9.17) is 4.52 Å². The highest BCUT2D eigenvalue weighted by Crippen LogP contribution is 2.06. The molecule has 1 heterocycles. The normalized spacial score (nSPS) is 10.5. The van der Waals surface area contributed by atoms with Gasteiger partial charge in [0, 0.05) is 12.6 Å². The first kappa shape index (κ1) is 15.2. The highest BCUT2D eigenvalue weighted by atomic mass is 16.5. The maximum atomic E-state index is 11.7. The summed E-state index contributed by atoms with van der Waals surface area (Å²) in [6.45, 7) is 4.68. The van der Waals surface area contributed by atoms with E-state index >= 15 is 0 Å². The average Bonchev–Trinajstić information content (AvgIpc) is 2.71. The summed E-state index contributed by atoms with van der Waals surface area (Å²) in [7, 11) is 1.71. The van der Waals surface area contributed by atoms with E-state index in [0.29, 0.717) is 18.1 Å². The SMILES string of the molecule is CCCNC(=O)CN(C)CC(=O)Nc1cc(C)on1. The van der Waals surface area contributed by atoms with Crippen LogP contribution in [0.1, 0.15) is 19.1 Å². The lowest BCUT2D eigenvalue weighted by Gasteiger charge is -2.15. The number of nitrogens with zero attached hydrogens (tertiary/aromatic N) is 2. The number of carbonyl (C=O) groups is 2. The Morgan fingerprint density at radius 2 is 2.05 bits per heavy atom. The molecule has 106 valence electrons. The summed E-state index contributed by atoms with van der Waals surface area (Å²) < 4.78 is 4.84. The largest absolute Gasteiger partial charge is 0.360 e. The summed E-state index contributed by atoms with van der Waals surface area (Å²) in [5, 5.41) is 9.00. The number of rotatable bonds is 7. The molecule has 0 aliphatic carbocycles. The van der Waals surface area contributed by atoms with Crippen LogP contribution in [0.25, 0.3) is 0 Å². The Morgan fingerprint density at radius 1 is 1.37 bits per heavy atom. The Labute approximate surface area is 112 Å². The number of aryl methyl sites for hydroxylation is 1. The van der Waals surface area contributed by atoms with Crippen molar-refractivity contribution in [3.63, 3.8) is 0 Å². The van der Waals surface area contributed by atoms with Gasteiger partial charge in [-0.1, -0.05) is 12.1 Å². The van der Waals surface area contributed by atoms with E-state index in [0.717, 1.165) is 6.42 Å². The van der Waals surface area contributed by atoms with Crippen molar-refractivity contribution in [3.8, 4) is 0 Å². The predicted octanol–water partition coefficient (Wildman–Crippen LogP) is 0.380. The number of hydrogen-bond donors (Lipinski definition) is 2. The lowest BCUT2D eigenvalue weighted by Crippen LogP contribution is -2.39. The minimum atomic E-state index is -0.237. The van der Waals surface area contributed by atoms with Crippen LogP contribution in [0.15, 0.2) is 10.6 Å². The maximum absolute atomic E-state index is 11.7. The van der Waals surface area contributed by atoms with Crippen molar-refractivity contribution >= 4 is 17.6 Å². The van der Waals surface area contributed by atoms with Gasteiger partial charge in [-0.05, 0) is 20.4 Å². The molecule has 0 saturated carbocycles. The van der Waals surface area contributed by atoms with Crippen LogP contribution < -0.4 is 10.6 Å². The lowest BCUT2D eigenvalue weighted by molar-refractivity contribution is -0.122. The Bertz CT molecular complexity index is 430. The number of aromatic nitrogens is 1. The van der Waals surface area contributed by atoms with Crippen molar-refractivity contribution < 1.29 is 14.1 Å². The molecule has 7 heteroatoms. The fraction of sp³-hybridized carbons (Fsp3) is 0.583. The van der Waals surface area contributed by atoms with Gasteiger partial charge in [0.1, 0.15) is 5.76 Å². The number of likely N-dealkylation sites (N-methyl/N-ethyl adjacent to an activating group) is 1. The molecule has 0 spiro atoms. The number of hydrogen-bond acceptors (Lipinski definition) is 5. The zero-order valence-electron chi connectivity index (χ0n) is 11.5. The highest BCUT2D eigenvalue weighted by molar-refractivity contribution is 5.91. The lowest BCUT2D eigenvalue weighted by atomic mass is 10.4. The van der Waals surface area contributed by atoms with E-state index < -0.39 is 0 Å². The third-order valence-electron chi connectivity index (χ3n) is 2.29. The fourth-order valence-corrected chi connectivity index (χ4v) is 1.47. The second kappa shape index (κ2) is 7.52. The second-order valence-corrected chi connectivity index (χ2v) is 4.39. The van der Waals surface area contributed by atoms with Crippen LogP contribution >= 0.6 is 0 Å². The summed E-state index contributed by atoms with van der Waals surface area (Å²) in [4.78, 5) is 24.7. The van der Waals surface area contributed by atoms with Crippen LogP contribution in [0, 0.1) is 6.92 Å². The monoisotopic (exact) mass is 268 g/mol. The Kier molecular flexibility index (Phi) is 6.01. The smallest absolute Gasteiger partial charge is 0.239 e. The molecule has 1 aromatic heterocycles. The molecule has 2 amide bonds. The standard InChI is InChI=1S/C12H20N4O3/c1-4-5-13-11(17)7-16(3)8-12(18)14-10-6-9(2)19-15-10/h6H,4-5,7-8H2,1-3H3,(H,13,17)(H,14,15,18). The van der Waals surface area contributed by atoms with E-state index in [-0.39, 0.29) is 24.9 Å². The van der Waals surface area contributed by atoms with Gasteiger partial charge >= 0.3 is 0 Å². The van der Waals surface area contributed by atoms with Gasteiger partial charge in [0.05, 0.1) is 13.1 Å². The molecule has 0 bridgehead atoms. The molecule has 0 aliphatic rings. The van der Waals surface area contributed by atoms with Crippen LogP contribution in [0.2, 0.25) is 0 Å². The first-order valence-electron chi connectivity index (χ1n) is 6.19. The van der Waals surface area contributed by atoms with E-state index in [1.807, 2.05) is 6.92 Å². The zero-order valence-corrected chi connectivity index (χ0v) is 11.5. The van der Waals surface area contributed by atoms with E-state index in [1.165, 1.54) is 0 Å². The summed E-state index contributed by atoms with van der Waals surface area (Å²) >= 11 is 0. The first-order chi connectivity index (χ1) is 9.01. The van der Waals surface area contributed by atoms with Gasteiger partial charge < -0.3 is 15.2 Å². The fourth-order valence-electron chi connectivity index (χ4n) is 1.47. The molecule has 0 radical (unpaired) electrons.